The normalized spacial score (nSPS) is 13.1. The number of fused-ring (bicyclic) bond motifs is 5. The Bertz CT molecular complexity index is 1300. The summed E-state index contributed by atoms with van der Waals surface area (Å²) in [7, 11) is 0. The topological polar surface area (TPSA) is 87.7 Å². The second-order valence-corrected chi connectivity index (χ2v) is 6.80. The lowest BCUT2D eigenvalue weighted by atomic mass is 10.0. The molecule has 3 aromatic heterocycles. The van der Waals surface area contributed by atoms with Crippen LogP contribution in [0.4, 0.5) is 5.82 Å². The lowest BCUT2D eigenvalue weighted by molar-refractivity contribution is -0.111. The average molecular weight is 368 g/mol. The monoisotopic (exact) mass is 368 g/mol. The van der Waals surface area contributed by atoms with E-state index in [1.807, 2.05) is 30.5 Å². The summed E-state index contributed by atoms with van der Waals surface area (Å²) >= 11 is 0. The minimum Gasteiger partial charge on any atom is -0.357 e. The quantitative estimate of drug-likeness (QED) is 0.535. The number of rotatable bonds is 3. The molecule has 3 heterocycles. The molecule has 6 heteroatoms. The lowest BCUT2D eigenvalue weighted by Gasteiger charge is -2.07. The highest BCUT2D eigenvalue weighted by Crippen LogP contribution is 2.35. The molecule has 1 aliphatic carbocycles. The first-order chi connectivity index (χ1) is 13.6. The molecule has 0 saturated heterocycles. The molecular weight excluding hydrogens is 352 g/mol. The molecule has 28 heavy (non-hydrogen) atoms. The summed E-state index contributed by atoms with van der Waals surface area (Å²) in [4.78, 5) is 35.9. The number of Topliss-reactive ketones (excluding diaryl/α,β-unsaturated/α-hetero) is 1. The number of nitrogens with zero attached hydrogens (tertiary/aromatic N) is 2. The number of nitrogens with one attached hydrogen (secondary N) is 2. The maximum Gasteiger partial charge on any atom is 0.248 e. The van der Waals surface area contributed by atoms with Gasteiger partial charge >= 0.3 is 0 Å². The maximum atomic E-state index is 12.2. The van der Waals surface area contributed by atoms with Gasteiger partial charge in [-0.25, -0.2) is 4.98 Å². The van der Waals surface area contributed by atoms with Crippen LogP contribution in [-0.2, 0) is 11.2 Å². The lowest BCUT2D eigenvalue weighted by Crippen LogP contribution is -2.08. The van der Waals surface area contributed by atoms with Crippen LogP contribution in [0.2, 0.25) is 0 Å². The van der Waals surface area contributed by atoms with Gasteiger partial charge in [0.2, 0.25) is 5.91 Å². The number of hydrogen-bond acceptors (Lipinski definition) is 4. The fourth-order valence-electron chi connectivity index (χ4n) is 3.80. The molecule has 0 atom stereocenters. The van der Waals surface area contributed by atoms with Crippen LogP contribution in [0.3, 0.4) is 0 Å². The second kappa shape index (κ2) is 6.13. The summed E-state index contributed by atoms with van der Waals surface area (Å²) in [6.45, 7) is 3.45. The molecule has 136 valence electrons. The molecule has 5 rings (SSSR count). The van der Waals surface area contributed by atoms with Crippen LogP contribution in [-0.4, -0.2) is 26.6 Å². The molecule has 0 spiro atoms. The average Bonchev–Trinajstić information content (AvgIpc) is 3.27. The molecule has 0 radical (unpaired) electrons. The van der Waals surface area contributed by atoms with Crippen molar-refractivity contribution in [3.63, 3.8) is 0 Å². The molecule has 0 bridgehead atoms. The number of ketones is 1. The number of aromatic amines is 1. The summed E-state index contributed by atoms with van der Waals surface area (Å²) in [5, 5.41) is 5.64. The van der Waals surface area contributed by atoms with Crippen LogP contribution in [0.25, 0.3) is 32.9 Å². The number of benzene rings is 1. The van der Waals surface area contributed by atoms with Crippen LogP contribution in [0.5, 0.6) is 0 Å². The van der Waals surface area contributed by atoms with Gasteiger partial charge in [-0.05, 0) is 30.7 Å². The van der Waals surface area contributed by atoms with Crippen molar-refractivity contribution in [1.29, 1.82) is 0 Å². The van der Waals surface area contributed by atoms with Gasteiger partial charge in [0, 0.05) is 51.8 Å². The summed E-state index contributed by atoms with van der Waals surface area (Å²) in [6.07, 6.45) is 5.99. The van der Waals surface area contributed by atoms with E-state index in [0.29, 0.717) is 12.2 Å². The van der Waals surface area contributed by atoms with Crippen molar-refractivity contribution in [3.05, 3.63) is 66.6 Å². The van der Waals surface area contributed by atoms with Crippen molar-refractivity contribution in [2.24, 2.45) is 0 Å². The number of carbonyl (C=O) groups is 2. The Hall–Kier alpha value is -3.80. The number of anilines is 1. The number of hydrogen-bond donors (Lipinski definition) is 2. The van der Waals surface area contributed by atoms with Gasteiger partial charge in [-0.2, -0.15) is 0 Å². The highest BCUT2D eigenvalue weighted by atomic mass is 16.1. The number of pyridine rings is 2. The third-order valence-electron chi connectivity index (χ3n) is 5.12. The summed E-state index contributed by atoms with van der Waals surface area (Å²) < 4.78 is 0. The standard InChI is InChI=1S/C22H16N4O2/c1-2-20(28)26-19-9-12(7-8-23-19)17-10-15-13(11-24-17)3-4-14-21-16(25-22(14)15)5-6-18(21)27/h2-4,7-11,25H,1,5-6H2,(H,23,26,28). The largest absolute Gasteiger partial charge is 0.357 e. The molecular formula is C22H16N4O2. The molecule has 0 aliphatic heterocycles. The van der Waals surface area contributed by atoms with E-state index in [0.717, 1.165) is 50.6 Å². The van der Waals surface area contributed by atoms with Crippen LogP contribution >= 0.6 is 0 Å². The van der Waals surface area contributed by atoms with E-state index >= 15 is 0 Å². The number of carbonyl (C=O) groups excluding carboxylic acids is 2. The SMILES string of the molecule is C=CC(=O)Nc1cc(-c2cc3c(ccc4c5c([nH]c43)CCC5=O)cn2)ccn1. The number of aromatic nitrogens is 3. The minimum atomic E-state index is -0.316. The molecule has 0 unspecified atom stereocenters. The van der Waals surface area contributed by atoms with E-state index < -0.39 is 0 Å². The van der Waals surface area contributed by atoms with Crippen molar-refractivity contribution in [1.82, 2.24) is 15.0 Å². The fourth-order valence-corrected chi connectivity index (χ4v) is 3.80. The maximum absolute atomic E-state index is 12.2. The smallest absolute Gasteiger partial charge is 0.248 e. The van der Waals surface area contributed by atoms with Crippen molar-refractivity contribution in [2.75, 3.05) is 5.32 Å². The van der Waals surface area contributed by atoms with Crippen molar-refractivity contribution in [3.8, 4) is 11.3 Å². The van der Waals surface area contributed by atoms with Gasteiger partial charge in [-0.1, -0.05) is 18.7 Å². The van der Waals surface area contributed by atoms with Gasteiger partial charge in [0.25, 0.3) is 0 Å². The van der Waals surface area contributed by atoms with Crippen molar-refractivity contribution < 1.29 is 9.59 Å². The predicted octanol–water partition coefficient (Wildman–Crippen LogP) is 4.03. The van der Waals surface area contributed by atoms with Gasteiger partial charge in [-0.3, -0.25) is 14.6 Å². The Labute approximate surface area is 160 Å². The number of amides is 1. The van der Waals surface area contributed by atoms with E-state index in [1.54, 1.807) is 12.3 Å². The molecule has 2 N–H and O–H groups in total. The first-order valence-corrected chi connectivity index (χ1v) is 9.00. The van der Waals surface area contributed by atoms with Gasteiger partial charge < -0.3 is 10.3 Å². The van der Waals surface area contributed by atoms with E-state index in [2.05, 4.69) is 26.8 Å². The van der Waals surface area contributed by atoms with Gasteiger partial charge in [0.15, 0.2) is 5.78 Å². The number of aryl methyl sites for hydroxylation is 1. The Morgan fingerprint density at radius 2 is 2.04 bits per heavy atom. The van der Waals surface area contributed by atoms with Crippen molar-refractivity contribution in [2.45, 2.75) is 12.8 Å². The highest BCUT2D eigenvalue weighted by Gasteiger charge is 2.25. The van der Waals surface area contributed by atoms with E-state index in [1.165, 1.54) is 6.08 Å². The summed E-state index contributed by atoms with van der Waals surface area (Å²) in [6, 6.07) is 9.61. The van der Waals surface area contributed by atoms with Crippen LogP contribution in [0, 0.1) is 0 Å². The van der Waals surface area contributed by atoms with Crippen LogP contribution in [0.15, 0.2) is 55.4 Å². The van der Waals surface area contributed by atoms with E-state index in [-0.39, 0.29) is 11.7 Å². The molecule has 4 aromatic rings. The fraction of sp³-hybridized carbons (Fsp3) is 0.0909. The van der Waals surface area contributed by atoms with Gasteiger partial charge in [0.1, 0.15) is 5.82 Å². The Kier molecular flexibility index (Phi) is 3.58. The predicted molar refractivity (Wildman–Crippen MR) is 108 cm³/mol. The zero-order chi connectivity index (χ0) is 19.3. The Balaban J connectivity index is 1.65. The number of H-pyrrole nitrogens is 1. The highest BCUT2D eigenvalue weighted by molar-refractivity contribution is 6.17. The molecule has 0 saturated carbocycles. The molecule has 1 aromatic carbocycles. The molecule has 1 amide bonds. The first-order valence-electron chi connectivity index (χ1n) is 9.00. The molecule has 0 fully saturated rings. The van der Waals surface area contributed by atoms with E-state index in [4.69, 9.17) is 0 Å². The molecule has 6 nitrogen and oxygen atoms in total. The van der Waals surface area contributed by atoms with E-state index in [9.17, 15) is 9.59 Å². The van der Waals surface area contributed by atoms with Crippen LogP contribution < -0.4 is 5.32 Å². The second-order valence-electron chi connectivity index (χ2n) is 6.80. The van der Waals surface area contributed by atoms with Crippen LogP contribution in [0.1, 0.15) is 22.5 Å². The zero-order valence-electron chi connectivity index (χ0n) is 15.0. The zero-order valence-corrected chi connectivity index (χ0v) is 15.0. The van der Waals surface area contributed by atoms with Crippen molar-refractivity contribution >= 4 is 39.2 Å². The third-order valence-corrected chi connectivity index (χ3v) is 5.12. The Morgan fingerprint density at radius 3 is 2.89 bits per heavy atom. The summed E-state index contributed by atoms with van der Waals surface area (Å²) in [5.41, 5.74) is 4.41. The first kappa shape index (κ1) is 16.4. The molecule has 1 aliphatic rings. The third kappa shape index (κ3) is 2.50. The summed E-state index contributed by atoms with van der Waals surface area (Å²) in [5.74, 6) is 0.321. The Morgan fingerprint density at radius 1 is 1.14 bits per heavy atom. The minimum absolute atomic E-state index is 0.201. The van der Waals surface area contributed by atoms with Gasteiger partial charge in [0.05, 0.1) is 11.2 Å². The van der Waals surface area contributed by atoms with Gasteiger partial charge in [-0.15, -0.1) is 0 Å².